The summed E-state index contributed by atoms with van der Waals surface area (Å²) in [5, 5.41) is 5.54. The minimum atomic E-state index is -3.81. The molecular weight excluding hydrogens is 404 g/mol. The fraction of sp³-hybridized carbons (Fsp3) is 0.286. The summed E-state index contributed by atoms with van der Waals surface area (Å²) in [4.78, 5) is 26.6. The largest absolute Gasteiger partial charge is 0.362 e. The van der Waals surface area contributed by atoms with E-state index in [2.05, 4.69) is 15.0 Å². The molecule has 8 nitrogen and oxygen atoms in total. The Hall–Kier alpha value is -3.20. The lowest BCUT2D eigenvalue weighted by Crippen LogP contribution is -2.30. The second kappa shape index (κ2) is 7.91. The number of carbonyl (C=O) groups is 2. The van der Waals surface area contributed by atoms with Crippen LogP contribution in [0.1, 0.15) is 30.7 Å². The van der Waals surface area contributed by atoms with Crippen molar-refractivity contribution in [1.29, 1.82) is 0 Å². The highest BCUT2D eigenvalue weighted by molar-refractivity contribution is 7.90. The first-order chi connectivity index (χ1) is 14.3. The van der Waals surface area contributed by atoms with Gasteiger partial charge in [0.2, 0.25) is 11.8 Å². The van der Waals surface area contributed by atoms with E-state index < -0.39 is 15.9 Å². The molecule has 9 heteroatoms. The van der Waals surface area contributed by atoms with Gasteiger partial charge in [0.15, 0.2) is 0 Å². The van der Waals surface area contributed by atoms with E-state index in [1.165, 1.54) is 24.3 Å². The zero-order chi connectivity index (χ0) is 21.3. The number of anilines is 2. The molecule has 0 bridgehead atoms. The lowest BCUT2D eigenvalue weighted by Gasteiger charge is -2.24. The van der Waals surface area contributed by atoms with Crippen LogP contribution in [0.4, 0.5) is 11.4 Å². The molecule has 30 heavy (non-hydrogen) atoms. The van der Waals surface area contributed by atoms with Gasteiger partial charge in [-0.05, 0) is 42.3 Å². The van der Waals surface area contributed by atoms with Gasteiger partial charge in [0, 0.05) is 37.8 Å². The molecule has 0 radical (unpaired) electrons. The highest BCUT2D eigenvalue weighted by atomic mass is 32.2. The van der Waals surface area contributed by atoms with Crippen molar-refractivity contribution in [2.45, 2.75) is 30.1 Å². The minimum Gasteiger partial charge on any atom is -0.362 e. The smallest absolute Gasteiger partial charge is 0.283 e. The number of nitrogens with zero attached hydrogens (tertiary/aromatic N) is 2. The zero-order valence-corrected chi connectivity index (χ0v) is 17.3. The van der Waals surface area contributed by atoms with Gasteiger partial charge in [-0.25, -0.2) is 0 Å². The number of fused-ring (bicyclic) bond motifs is 1. The molecule has 1 fully saturated rings. The van der Waals surface area contributed by atoms with E-state index in [1.807, 2.05) is 24.1 Å². The molecule has 0 saturated carbocycles. The fourth-order valence-corrected chi connectivity index (χ4v) is 4.78. The second-order valence-electron chi connectivity index (χ2n) is 7.41. The molecule has 156 valence electrons. The van der Waals surface area contributed by atoms with Crippen LogP contribution < -0.4 is 10.6 Å². The van der Waals surface area contributed by atoms with Gasteiger partial charge in [-0.2, -0.15) is 8.42 Å². The van der Waals surface area contributed by atoms with E-state index in [1.54, 1.807) is 12.1 Å². The molecule has 2 aromatic carbocycles. The molecule has 0 aromatic heterocycles. The first-order valence-electron chi connectivity index (χ1n) is 9.68. The molecule has 0 spiro atoms. The molecule has 2 aromatic rings. The quantitative estimate of drug-likeness (QED) is 0.781. The van der Waals surface area contributed by atoms with Gasteiger partial charge in [0.25, 0.3) is 10.0 Å². The van der Waals surface area contributed by atoms with Gasteiger partial charge in [0.05, 0.1) is 10.8 Å². The van der Waals surface area contributed by atoms with Crippen LogP contribution in [0, 0.1) is 0 Å². The molecule has 1 atom stereocenters. The molecular formula is C21H22N4O4S. The summed E-state index contributed by atoms with van der Waals surface area (Å²) in [6.45, 7) is 0.793. The minimum absolute atomic E-state index is 0.0559. The van der Waals surface area contributed by atoms with E-state index in [4.69, 9.17) is 0 Å². The third kappa shape index (κ3) is 4.06. The second-order valence-corrected chi connectivity index (χ2v) is 9.02. The lowest BCUT2D eigenvalue weighted by molar-refractivity contribution is -0.123. The number of sulfonamides is 1. The molecule has 2 N–H and O–H groups in total. The number of hydrogen-bond acceptors (Lipinski definition) is 4. The van der Waals surface area contributed by atoms with E-state index in [0.717, 1.165) is 18.5 Å². The Balaban J connectivity index is 1.50. The van der Waals surface area contributed by atoms with Crippen LogP contribution in [0.2, 0.25) is 0 Å². The topological polar surface area (TPSA) is 108 Å². The van der Waals surface area contributed by atoms with E-state index in [9.17, 15) is 18.0 Å². The monoisotopic (exact) mass is 426 g/mol. The summed E-state index contributed by atoms with van der Waals surface area (Å²) >= 11 is 0. The Kier molecular flexibility index (Phi) is 5.29. The molecule has 1 saturated heterocycles. The van der Waals surface area contributed by atoms with Gasteiger partial charge in [0.1, 0.15) is 5.84 Å². The van der Waals surface area contributed by atoms with Gasteiger partial charge in [-0.3, -0.25) is 9.59 Å². The summed E-state index contributed by atoms with van der Waals surface area (Å²) in [5.41, 5.74) is 1.84. The first kappa shape index (κ1) is 20.1. The van der Waals surface area contributed by atoms with Crippen molar-refractivity contribution in [2.24, 2.45) is 4.40 Å². The Bertz CT molecular complexity index is 1130. The average molecular weight is 426 g/mol. The Morgan fingerprint density at radius 3 is 2.60 bits per heavy atom. The Labute approximate surface area is 175 Å². The van der Waals surface area contributed by atoms with Gasteiger partial charge < -0.3 is 15.5 Å². The van der Waals surface area contributed by atoms with E-state index in [0.29, 0.717) is 23.6 Å². The highest BCUT2D eigenvalue weighted by Gasteiger charge is 2.30. The normalized spacial score (nSPS) is 20.0. The molecule has 1 unspecified atom stereocenters. The van der Waals surface area contributed by atoms with Crippen molar-refractivity contribution in [2.75, 3.05) is 24.2 Å². The zero-order valence-electron chi connectivity index (χ0n) is 16.5. The SMILES string of the molecule is CN1CCCC1=NS(=O)(=O)c1ccc(NC(=O)C2CC(=O)Nc3ccccc32)cc1. The van der Waals surface area contributed by atoms with Crippen LogP contribution >= 0.6 is 0 Å². The van der Waals surface area contributed by atoms with Crippen molar-refractivity contribution in [3.8, 4) is 0 Å². The number of rotatable bonds is 4. The lowest BCUT2D eigenvalue weighted by atomic mass is 9.90. The maximum absolute atomic E-state index is 12.8. The predicted octanol–water partition coefficient (Wildman–Crippen LogP) is 2.56. The molecule has 2 amide bonds. The maximum atomic E-state index is 12.8. The molecule has 0 aliphatic carbocycles. The van der Waals surface area contributed by atoms with Crippen LogP contribution in [-0.2, 0) is 19.6 Å². The number of carbonyl (C=O) groups excluding carboxylic acids is 2. The predicted molar refractivity (Wildman–Crippen MR) is 114 cm³/mol. The molecule has 2 aliphatic rings. The van der Waals surface area contributed by atoms with Crippen LogP contribution in [-0.4, -0.2) is 44.6 Å². The summed E-state index contributed by atoms with van der Waals surface area (Å²) in [7, 11) is -1.99. The number of amides is 2. The number of hydrogen-bond donors (Lipinski definition) is 2. The maximum Gasteiger partial charge on any atom is 0.283 e. The molecule has 2 heterocycles. The standard InChI is InChI=1S/C21H22N4O4S/c1-25-12-4-7-19(25)24-30(28,29)15-10-8-14(9-11-15)22-21(27)17-13-20(26)23-18-6-3-2-5-16(17)18/h2-3,5-6,8-11,17H,4,7,12-13H2,1H3,(H,22,27)(H,23,26). The van der Waals surface area contributed by atoms with E-state index in [-0.39, 0.29) is 23.1 Å². The van der Waals surface area contributed by atoms with Crippen molar-refractivity contribution in [1.82, 2.24) is 4.90 Å². The summed E-state index contributed by atoms with van der Waals surface area (Å²) in [6, 6.07) is 13.1. The van der Waals surface area contributed by atoms with Crippen LogP contribution in [0.3, 0.4) is 0 Å². The van der Waals surface area contributed by atoms with Crippen LogP contribution in [0.25, 0.3) is 0 Å². The van der Waals surface area contributed by atoms with E-state index >= 15 is 0 Å². The van der Waals surface area contributed by atoms with Crippen molar-refractivity contribution in [3.05, 3.63) is 54.1 Å². The number of amidine groups is 1. The Morgan fingerprint density at radius 2 is 1.90 bits per heavy atom. The number of likely N-dealkylation sites (tertiary alicyclic amines) is 1. The summed E-state index contributed by atoms with van der Waals surface area (Å²) in [5.74, 6) is -0.587. The van der Waals surface area contributed by atoms with Crippen molar-refractivity contribution in [3.63, 3.8) is 0 Å². The summed E-state index contributed by atoms with van der Waals surface area (Å²) < 4.78 is 29.0. The fourth-order valence-electron chi connectivity index (χ4n) is 3.69. The third-order valence-electron chi connectivity index (χ3n) is 5.30. The highest BCUT2D eigenvalue weighted by Crippen LogP contribution is 2.33. The number of nitrogens with one attached hydrogen (secondary N) is 2. The Morgan fingerprint density at radius 1 is 1.17 bits per heavy atom. The van der Waals surface area contributed by atoms with Gasteiger partial charge in [-0.1, -0.05) is 18.2 Å². The van der Waals surface area contributed by atoms with Gasteiger partial charge >= 0.3 is 0 Å². The molecule has 2 aliphatic heterocycles. The van der Waals surface area contributed by atoms with Crippen molar-refractivity contribution < 1.29 is 18.0 Å². The average Bonchev–Trinajstić information content (AvgIpc) is 3.11. The van der Waals surface area contributed by atoms with Crippen LogP contribution in [0.5, 0.6) is 0 Å². The third-order valence-corrected chi connectivity index (χ3v) is 6.62. The van der Waals surface area contributed by atoms with Crippen LogP contribution in [0.15, 0.2) is 57.8 Å². The van der Waals surface area contributed by atoms with Gasteiger partial charge in [-0.15, -0.1) is 4.40 Å². The first-order valence-corrected chi connectivity index (χ1v) is 11.1. The number of benzene rings is 2. The van der Waals surface area contributed by atoms with Crippen molar-refractivity contribution >= 4 is 39.0 Å². The summed E-state index contributed by atoms with van der Waals surface area (Å²) in [6.07, 6.45) is 1.58. The number of para-hydroxylation sites is 1. The molecule has 4 rings (SSSR count).